The van der Waals surface area contributed by atoms with Crippen molar-refractivity contribution in [3.63, 3.8) is 0 Å². The van der Waals surface area contributed by atoms with Crippen LogP contribution in [-0.4, -0.2) is 42.9 Å². The topological polar surface area (TPSA) is 113 Å². The molecule has 218 valence electrons. The van der Waals surface area contributed by atoms with Gasteiger partial charge < -0.3 is 9.42 Å². The molecule has 43 heavy (non-hydrogen) atoms. The van der Waals surface area contributed by atoms with Crippen LogP contribution < -0.4 is 4.90 Å². The summed E-state index contributed by atoms with van der Waals surface area (Å²) in [4.78, 5) is 25.3. The zero-order valence-electron chi connectivity index (χ0n) is 23.9. The number of fused-ring (bicyclic) bond motifs is 4. The maximum absolute atomic E-state index is 14.6. The molecule has 3 aromatic heterocycles. The van der Waals surface area contributed by atoms with Crippen LogP contribution in [0, 0.1) is 22.2 Å². The first-order valence-electron chi connectivity index (χ1n) is 15.5. The maximum Gasteiger partial charge on any atom is 0.233 e. The maximum atomic E-state index is 14.6. The number of nitrogens with zero attached hydrogens (tertiary/aromatic N) is 7. The van der Waals surface area contributed by atoms with E-state index >= 15 is 0 Å². The summed E-state index contributed by atoms with van der Waals surface area (Å²) in [5.41, 5.74) is 1.54. The fraction of sp³-hybridized carbons (Fsp3) is 0.515. The van der Waals surface area contributed by atoms with Crippen LogP contribution in [-0.2, 0) is 10.2 Å². The normalized spacial score (nSPS) is 32.2. The summed E-state index contributed by atoms with van der Waals surface area (Å²) in [6.45, 7) is 0.621. The number of alkyl halides is 1. The molecule has 4 bridgehead atoms. The molecule has 1 amide bonds. The van der Waals surface area contributed by atoms with Crippen molar-refractivity contribution in [2.75, 3.05) is 11.4 Å². The average molecular weight is 578 g/mol. The SMILES string of the molecule is N#Cc1cnc2ccc(-c3cccc(N(CC45CCC(c6nc(C7CC7)no6)(CC4)CC5)C(=O)C45CC(F)(C4)C5)c3)nn12. The number of benzene rings is 1. The molecule has 7 saturated carbocycles. The van der Waals surface area contributed by atoms with E-state index in [-0.39, 0.29) is 16.7 Å². The molecule has 7 fully saturated rings. The Hall–Kier alpha value is -4.13. The predicted molar refractivity (Wildman–Crippen MR) is 154 cm³/mol. The number of carbonyl (C=O) groups is 1. The van der Waals surface area contributed by atoms with Gasteiger partial charge in [0.05, 0.1) is 17.3 Å². The second-order valence-electron chi connectivity index (χ2n) is 14.2. The van der Waals surface area contributed by atoms with Gasteiger partial charge in [0.15, 0.2) is 17.2 Å². The molecule has 0 saturated heterocycles. The highest BCUT2D eigenvalue weighted by Crippen LogP contribution is 2.70. The molecule has 0 unspecified atom stereocenters. The Balaban J connectivity index is 1.02. The highest BCUT2D eigenvalue weighted by molar-refractivity contribution is 6.00. The number of imidazole rings is 1. The number of anilines is 1. The van der Waals surface area contributed by atoms with Gasteiger partial charge in [0.1, 0.15) is 11.7 Å². The number of nitriles is 1. The molecule has 0 aliphatic heterocycles. The van der Waals surface area contributed by atoms with Crippen LogP contribution in [0.2, 0.25) is 0 Å². The zero-order chi connectivity index (χ0) is 29.0. The van der Waals surface area contributed by atoms with E-state index in [2.05, 4.69) is 21.3 Å². The summed E-state index contributed by atoms with van der Waals surface area (Å²) in [7, 11) is 0. The van der Waals surface area contributed by atoms with Crippen LogP contribution in [0.5, 0.6) is 0 Å². The van der Waals surface area contributed by atoms with E-state index in [1.807, 2.05) is 41.3 Å². The molecule has 0 spiro atoms. The number of amides is 1. The third-order valence-corrected chi connectivity index (χ3v) is 11.3. The minimum absolute atomic E-state index is 0.000632. The Bertz CT molecular complexity index is 1800. The van der Waals surface area contributed by atoms with Gasteiger partial charge in [-0.05, 0) is 100 Å². The highest BCUT2D eigenvalue weighted by Gasteiger charge is 2.73. The molecule has 0 radical (unpaired) electrons. The van der Waals surface area contributed by atoms with Gasteiger partial charge in [0.25, 0.3) is 0 Å². The number of hydrogen-bond donors (Lipinski definition) is 0. The van der Waals surface area contributed by atoms with Gasteiger partial charge in [-0.2, -0.15) is 15.3 Å². The lowest BCUT2D eigenvalue weighted by Crippen LogP contribution is -2.71. The Labute approximate surface area is 248 Å². The van der Waals surface area contributed by atoms with Crippen molar-refractivity contribution in [2.24, 2.45) is 10.8 Å². The van der Waals surface area contributed by atoms with E-state index in [1.54, 1.807) is 4.52 Å². The van der Waals surface area contributed by atoms with E-state index in [0.717, 1.165) is 74.3 Å². The molecule has 1 aromatic carbocycles. The minimum Gasteiger partial charge on any atom is -0.339 e. The quantitative estimate of drug-likeness (QED) is 0.263. The molecule has 7 aliphatic rings. The summed E-state index contributed by atoms with van der Waals surface area (Å²) >= 11 is 0. The van der Waals surface area contributed by atoms with Gasteiger partial charge in [0, 0.05) is 29.1 Å². The molecule has 4 aromatic rings. The van der Waals surface area contributed by atoms with Gasteiger partial charge in [0.2, 0.25) is 11.8 Å². The molecule has 3 heterocycles. The Morgan fingerprint density at radius 2 is 1.86 bits per heavy atom. The average Bonchev–Trinajstić information content (AvgIpc) is 3.58. The molecule has 10 heteroatoms. The van der Waals surface area contributed by atoms with Crippen molar-refractivity contribution in [1.29, 1.82) is 5.26 Å². The first-order chi connectivity index (χ1) is 20.8. The van der Waals surface area contributed by atoms with Crippen LogP contribution >= 0.6 is 0 Å². The smallest absolute Gasteiger partial charge is 0.233 e. The standard InChI is InChI=1S/C33H32FN7O2/c34-33-17-32(18-33,19-33)29(42)40(23-3-1-2-22(14-23)25-6-7-26-36-16-24(15-35)41(26)38-25)20-30-8-11-31(12-9-30,13-10-30)28-37-27(39-43-28)21-4-5-21/h1-3,6-7,14,16,21H,4-5,8-13,17-20H2. The van der Waals surface area contributed by atoms with Gasteiger partial charge in [-0.1, -0.05) is 17.3 Å². The molecule has 9 nitrogen and oxygen atoms in total. The third kappa shape index (κ3) is 3.76. The van der Waals surface area contributed by atoms with Crippen molar-refractivity contribution >= 4 is 17.2 Å². The van der Waals surface area contributed by atoms with Gasteiger partial charge >= 0.3 is 0 Å². The van der Waals surface area contributed by atoms with Crippen molar-refractivity contribution in [3.8, 4) is 17.3 Å². The van der Waals surface area contributed by atoms with Crippen LogP contribution in [0.15, 0.2) is 47.1 Å². The molecular weight excluding hydrogens is 545 g/mol. The Kier molecular flexibility index (Phi) is 5.01. The molecule has 0 atom stereocenters. The number of rotatable bonds is 7. The monoisotopic (exact) mass is 577 g/mol. The lowest BCUT2D eigenvalue weighted by Gasteiger charge is -2.65. The van der Waals surface area contributed by atoms with E-state index in [9.17, 15) is 14.4 Å². The first kappa shape index (κ1) is 25.4. The van der Waals surface area contributed by atoms with E-state index < -0.39 is 11.1 Å². The fourth-order valence-corrected chi connectivity index (χ4v) is 8.51. The second-order valence-corrected chi connectivity index (χ2v) is 14.2. The molecule has 7 aliphatic carbocycles. The van der Waals surface area contributed by atoms with Crippen LogP contribution in [0.1, 0.15) is 94.0 Å². The largest absolute Gasteiger partial charge is 0.339 e. The molecule has 0 N–H and O–H groups in total. The van der Waals surface area contributed by atoms with Crippen molar-refractivity contribution < 1.29 is 13.7 Å². The Morgan fingerprint density at radius 1 is 1.09 bits per heavy atom. The van der Waals surface area contributed by atoms with Crippen molar-refractivity contribution in [1.82, 2.24) is 24.7 Å². The van der Waals surface area contributed by atoms with Gasteiger partial charge in [-0.15, -0.1) is 0 Å². The van der Waals surface area contributed by atoms with E-state index in [0.29, 0.717) is 48.8 Å². The number of halogens is 1. The summed E-state index contributed by atoms with van der Waals surface area (Å²) < 4.78 is 22.0. The summed E-state index contributed by atoms with van der Waals surface area (Å²) in [6.07, 6.45) is 10.7. The lowest BCUT2D eigenvalue weighted by atomic mass is 9.41. The summed E-state index contributed by atoms with van der Waals surface area (Å²) in [5.74, 6) is 2.21. The zero-order valence-corrected chi connectivity index (χ0v) is 23.9. The molecular formula is C33H32FN7O2. The number of carbonyl (C=O) groups excluding carboxylic acids is 1. The first-order valence-corrected chi connectivity index (χ1v) is 15.5. The number of aromatic nitrogens is 5. The van der Waals surface area contributed by atoms with Gasteiger partial charge in [-0.25, -0.2) is 13.9 Å². The van der Waals surface area contributed by atoms with Gasteiger partial charge in [-0.3, -0.25) is 4.79 Å². The van der Waals surface area contributed by atoms with Crippen LogP contribution in [0.3, 0.4) is 0 Å². The lowest BCUT2D eigenvalue weighted by molar-refractivity contribution is -0.211. The molecule has 11 rings (SSSR count). The van der Waals surface area contributed by atoms with Crippen LogP contribution in [0.4, 0.5) is 10.1 Å². The van der Waals surface area contributed by atoms with Crippen molar-refractivity contribution in [3.05, 3.63) is 60.0 Å². The summed E-state index contributed by atoms with van der Waals surface area (Å²) in [6, 6.07) is 13.8. The fourth-order valence-electron chi connectivity index (χ4n) is 8.51. The van der Waals surface area contributed by atoms with Crippen molar-refractivity contribution in [2.45, 2.75) is 87.6 Å². The summed E-state index contributed by atoms with van der Waals surface area (Å²) in [5, 5.41) is 18.5. The minimum atomic E-state index is -1.15. The third-order valence-electron chi connectivity index (χ3n) is 11.3. The number of hydrogen-bond acceptors (Lipinski definition) is 7. The second kappa shape index (κ2) is 8.49. The van der Waals surface area contributed by atoms with Crippen LogP contribution in [0.25, 0.3) is 16.9 Å². The predicted octanol–water partition coefficient (Wildman–Crippen LogP) is 6.05. The van der Waals surface area contributed by atoms with E-state index in [1.165, 1.54) is 6.20 Å². The van der Waals surface area contributed by atoms with E-state index in [4.69, 9.17) is 9.51 Å². The Morgan fingerprint density at radius 3 is 2.56 bits per heavy atom. The highest BCUT2D eigenvalue weighted by atomic mass is 19.1.